The molecule has 0 unspecified atom stereocenters. The Labute approximate surface area is 99.8 Å². The van der Waals surface area contributed by atoms with Crippen LogP contribution in [0.25, 0.3) is 10.1 Å². The third-order valence-corrected chi connectivity index (χ3v) is 3.78. The van der Waals surface area contributed by atoms with Crippen molar-refractivity contribution in [2.45, 2.75) is 13.8 Å². The van der Waals surface area contributed by atoms with E-state index < -0.39 is 0 Å². The van der Waals surface area contributed by atoms with Crippen molar-refractivity contribution < 1.29 is 0 Å². The van der Waals surface area contributed by atoms with E-state index >= 15 is 0 Å². The second kappa shape index (κ2) is 4.26. The second-order valence-electron chi connectivity index (χ2n) is 4.08. The van der Waals surface area contributed by atoms with Gasteiger partial charge in [0, 0.05) is 29.1 Å². The lowest BCUT2D eigenvalue weighted by Gasteiger charge is -2.08. The molecule has 0 aliphatic rings. The van der Waals surface area contributed by atoms with Gasteiger partial charge in [0.25, 0.3) is 0 Å². The highest BCUT2D eigenvalue weighted by atomic mass is 32.1. The summed E-state index contributed by atoms with van der Waals surface area (Å²) in [5, 5.41) is 8.78. The smallest absolute Gasteiger partial charge is 0.0957 e. The van der Waals surface area contributed by atoms with Crippen LogP contribution in [0.3, 0.4) is 0 Å². The minimum absolute atomic E-state index is 1.09. The van der Waals surface area contributed by atoms with Crippen molar-refractivity contribution in [3.05, 3.63) is 40.1 Å². The fourth-order valence-electron chi connectivity index (χ4n) is 1.69. The van der Waals surface area contributed by atoms with Gasteiger partial charge in [0.15, 0.2) is 0 Å². The molecule has 3 heteroatoms. The van der Waals surface area contributed by atoms with Crippen LogP contribution in [0.5, 0.6) is 0 Å². The molecule has 2 nitrogen and oxygen atoms in total. The van der Waals surface area contributed by atoms with Crippen LogP contribution in [0.1, 0.15) is 10.4 Å². The summed E-state index contributed by atoms with van der Waals surface area (Å²) in [4.78, 5) is 1.33. The molecule has 16 heavy (non-hydrogen) atoms. The Bertz CT molecular complexity index is 582. The maximum absolute atomic E-state index is 4.59. The molecule has 0 saturated heterocycles. The number of hydrogen-bond acceptors (Lipinski definition) is 3. The maximum Gasteiger partial charge on any atom is 0.0957 e. The Hall–Kier alpha value is -1.35. The van der Waals surface area contributed by atoms with Crippen LogP contribution in [0, 0.1) is 13.8 Å². The zero-order chi connectivity index (χ0) is 11.7. The van der Waals surface area contributed by atoms with Crippen LogP contribution < -0.4 is 5.36 Å². The minimum atomic E-state index is 1.09. The summed E-state index contributed by atoms with van der Waals surface area (Å²) in [6.07, 6.45) is 0. The summed E-state index contributed by atoms with van der Waals surface area (Å²) in [6.45, 7) is 4.29. The molecule has 0 saturated carbocycles. The molecule has 2 aromatic rings. The van der Waals surface area contributed by atoms with E-state index in [2.05, 4.69) is 43.2 Å². The fourth-order valence-corrected chi connectivity index (χ4v) is 2.69. The minimum Gasteiger partial charge on any atom is -0.303 e. The van der Waals surface area contributed by atoms with E-state index in [1.165, 1.54) is 20.5 Å². The van der Waals surface area contributed by atoms with Gasteiger partial charge in [0.1, 0.15) is 0 Å². The fraction of sp³-hybridized carbons (Fsp3) is 0.308. The predicted molar refractivity (Wildman–Crippen MR) is 70.5 cm³/mol. The van der Waals surface area contributed by atoms with Gasteiger partial charge in [-0.15, -0.1) is 11.3 Å². The molecule has 0 amide bonds. The lowest BCUT2D eigenvalue weighted by Crippen LogP contribution is -2.15. The van der Waals surface area contributed by atoms with Gasteiger partial charge in [-0.3, -0.25) is 0 Å². The average molecular weight is 232 g/mol. The summed E-state index contributed by atoms with van der Waals surface area (Å²) in [5.74, 6) is 0. The molecular weight excluding hydrogens is 216 g/mol. The van der Waals surface area contributed by atoms with Crippen molar-refractivity contribution in [1.29, 1.82) is 0 Å². The third-order valence-electron chi connectivity index (χ3n) is 2.59. The summed E-state index contributed by atoms with van der Waals surface area (Å²) < 4.78 is 1.30. The molecule has 0 radical (unpaired) electrons. The van der Waals surface area contributed by atoms with Crippen LogP contribution in [0.15, 0.2) is 29.4 Å². The topological polar surface area (TPSA) is 15.6 Å². The predicted octanol–water partition coefficient (Wildman–Crippen LogP) is 2.90. The first-order valence-electron chi connectivity index (χ1n) is 5.30. The van der Waals surface area contributed by atoms with Gasteiger partial charge in [-0.25, -0.2) is 0 Å². The van der Waals surface area contributed by atoms with Crippen LogP contribution >= 0.6 is 11.3 Å². The van der Waals surface area contributed by atoms with Gasteiger partial charge in [-0.1, -0.05) is 18.2 Å². The lowest BCUT2D eigenvalue weighted by molar-refractivity contribution is 0.422. The Morgan fingerprint density at radius 2 is 1.81 bits per heavy atom. The molecule has 0 aliphatic carbocycles. The van der Waals surface area contributed by atoms with Gasteiger partial charge in [0.05, 0.1) is 5.36 Å². The normalized spacial score (nSPS) is 12.1. The summed E-state index contributed by atoms with van der Waals surface area (Å²) in [7, 11) is 3.92. The SMILES string of the molecule is Cc1sc2ccccc2c(=NN(C)C)c1C. The van der Waals surface area contributed by atoms with Crippen molar-refractivity contribution in [1.82, 2.24) is 5.01 Å². The van der Waals surface area contributed by atoms with E-state index in [0.29, 0.717) is 0 Å². The first-order chi connectivity index (χ1) is 7.59. The van der Waals surface area contributed by atoms with Crippen molar-refractivity contribution in [3.8, 4) is 0 Å². The van der Waals surface area contributed by atoms with Gasteiger partial charge in [-0.05, 0) is 25.5 Å². The number of aryl methyl sites for hydroxylation is 1. The maximum atomic E-state index is 4.59. The molecule has 0 spiro atoms. The zero-order valence-electron chi connectivity index (χ0n) is 10.1. The highest BCUT2D eigenvalue weighted by Crippen LogP contribution is 2.20. The molecule has 2 rings (SSSR count). The van der Waals surface area contributed by atoms with Crippen molar-refractivity contribution in [3.63, 3.8) is 0 Å². The molecule has 0 aliphatic heterocycles. The van der Waals surface area contributed by atoms with Crippen LogP contribution in [-0.4, -0.2) is 19.1 Å². The van der Waals surface area contributed by atoms with Crippen LogP contribution in [0.4, 0.5) is 0 Å². The Morgan fingerprint density at radius 3 is 2.50 bits per heavy atom. The standard InChI is InChI=1S/C13H16N2S/c1-9-10(2)16-12-8-6-5-7-11(12)13(9)14-15(3)4/h5-8H,1-4H3. The van der Waals surface area contributed by atoms with Crippen LogP contribution in [0.2, 0.25) is 0 Å². The summed E-state index contributed by atoms with van der Waals surface area (Å²) in [5.41, 5.74) is 1.28. The van der Waals surface area contributed by atoms with Gasteiger partial charge < -0.3 is 5.01 Å². The van der Waals surface area contributed by atoms with Crippen molar-refractivity contribution in [2.24, 2.45) is 5.10 Å². The Morgan fingerprint density at radius 1 is 1.12 bits per heavy atom. The second-order valence-corrected chi connectivity index (χ2v) is 5.33. The van der Waals surface area contributed by atoms with E-state index in [0.717, 1.165) is 5.36 Å². The Balaban J connectivity index is 2.93. The first kappa shape index (κ1) is 11.1. The van der Waals surface area contributed by atoms with Gasteiger partial charge >= 0.3 is 0 Å². The van der Waals surface area contributed by atoms with E-state index in [9.17, 15) is 0 Å². The molecule has 0 bridgehead atoms. The molecule has 1 heterocycles. The van der Waals surface area contributed by atoms with Crippen molar-refractivity contribution in [2.75, 3.05) is 14.1 Å². The molecule has 84 valence electrons. The molecule has 0 atom stereocenters. The monoisotopic (exact) mass is 232 g/mol. The molecule has 1 aromatic carbocycles. The van der Waals surface area contributed by atoms with E-state index in [-0.39, 0.29) is 0 Å². The number of benzene rings is 1. The van der Waals surface area contributed by atoms with E-state index in [4.69, 9.17) is 0 Å². The highest BCUT2D eigenvalue weighted by molar-refractivity contribution is 7.18. The summed E-state index contributed by atoms with van der Waals surface area (Å²) >= 11 is 1.83. The molecule has 0 fully saturated rings. The molecule has 1 aromatic heterocycles. The van der Waals surface area contributed by atoms with Gasteiger partial charge in [-0.2, -0.15) is 5.10 Å². The zero-order valence-corrected chi connectivity index (χ0v) is 10.9. The quantitative estimate of drug-likeness (QED) is 0.690. The van der Waals surface area contributed by atoms with Gasteiger partial charge in [0.2, 0.25) is 0 Å². The highest BCUT2D eigenvalue weighted by Gasteiger charge is 2.03. The largest absolute Gasteiger partial charge is 0.303 e. The number of nitrogens with zero attached hydrogens (tertiary/aromatic N) is 2. The third kappa shape index (κ3) is 1.95. The number of rotatable bonds is 1. The summed E-state index contributed by atoms with van der Waals surface area (Å²) in [6, 6.07) is 8.44. The van der Waals surface area contributed by atoms with Crippen molar-refractivity contribution >= 4 is 21.4 Å². The van der Waals surface area contributed by atoms with E-state index in [1.54, 1.807) is 0 Å². The Kier molecular flexibility index (Phi) is 2.97. The number of fused-ring (bicyclic) bond motifs is 1. The molecular formula is C13H16N2S. The average Bonchev–Trinajstić information content (AvgIpc) is 2.24. The lowest BCUT2D eigenvalue weighted by atomic mass is 10.2. The first-order valence-corrected chi connectivity index (χ1v) is 6.12. The van der Waals surface area contributed by atoms with Crippen LogP contribution in [-0.2, 0) is 0 Å². The number of hydrogen-bond donors (Lipinski definition) is 0. The van der Waals surface area contributed by atoms with E-state index in [1.807, 2.05) is 30.4 Å². The molecule has 0 N–H and O–H groups in total.